The number of hydrogen-bond acceptors (Lipinski definition) is 4. The zero-order valence-electron chi connectivity index (χ0n) is 15.4. The Labute approximate surface area is 168 Å². The Morgan fingerprint density at radius 2 is 1.90 bits per heavy atom. The molecule has 0 saturated carbocycles. The minimum atomic E-state index is -0.514. The Morgan fingerprint density at radius 3 is 2.62 bits per heavy atom. The number of furan rings is 1. The van der Waals surface area contributed by atoms with E-state index in [1.807, 2.05) is 0 Å². The zero-order chi connectivity index (χ0) is 20.5. The van der Waals surface area contributed by atoms with Crippen molar-refractivity contribution in [2.75, 3.05) is 11.9 Å². The van der Waals surface area contributed by atoms with Gasteiger partial charge in [-0.2, -0.15) is 0 Å². The van der Waals surface area contributed by atoms with Crippen molar-refractivity contribution >= 4 is 23.6 Å². The lowest BCUT2D eigenvalue weighted by Gasteiger charge is -2.11. The fourth-order valence-corrected chi connectivity index (χ4v) is 2.45. The maximum absolute atomic E-state index is 12.8. The summed E-state index contributed by atoms with van der Waals surface area (Å²) in [7, 11) is 0. The van der Waals surface area contributed by atoms with Crippen molar-refractivity contribution in [2.45, 2.75) is 0 Å². The van der Waals surface area contributed by atoms with Crippen LogP contribution in [0.25, 0.3) is 6.08 Å². The Morgan fingerprint density at radius 1 is 1.07 bits per heavy atom. The lowest BCUT2D eigenvalue weighted by molar-refractivity contribution is -0.113. The van der Waals surface area contributed by atoms with Gasteiger partial charge < -0.3 is 19.8 Å². The van der Waals surface area contributed by atoms with Gasteiger partial charge in [0.05, 0.1) is 6.26 Å². The fraction of sp³-hybridized carbons (Fsp3) is 0.0435. The first-order valence-electron chi connectivity index (χ1n) is 8.75. The number of benzene rings is 2. The van der Waals surface area contributed by atoms with E-state index in [4.69, 9.17) is 15.6 Å². The quantitative estimate of drug-likeness (QED) is 0.479. The maximum atomic E-state index is 12.8. The number of nitrogens with one attached hydrogen (secondary N) is 2. The minimum Gasteiger partial charge on any atom is -0.481 e. The predicted octanol–water partition coefficient (Wildman–Crippen LogP) is 3.70. The molecule has 0 saturated heterocycles. The molecule has 6 nitrogen and oxygen atoms in total. The second-order valence-electron chi connectivity index (χ2n) is 5.87. The van der Waals surface area contributed by atoms with Crippen LogP contribution in [-0.2, 0) is 4.79 Å². The van der Waals surface area contributed by atoms with Gasteiger partial charge in [0.25, 0.3) is 11.8 Å². The van der Waals surface area contributed by atoms with Gasteiger partial charge in [-0.25, -0.2) is 0 Å². The van der Waals surface area contributed by atoms with Crippen LogP contribution in [0.3, 0.4) is 0 Å². The van der Waals surface area contributed by atoms with Crippen LogP contribution in [0.4, 0.5) is 5.69 Å². The van der Waals surface area contributed by atoms with Crippen LogP contribution in [-0.4, -0.2) is 18.4 Å². The molecule has 144 valence electrons. The summed E-state index contributed by atoms with van der Waals surface area (Å²) in [5.74, 6) is 2.40. The second-order valence-corrected chi connectivity index (χ2v) is 5.87. The molecule has 0 aliphatic rings. The fourth-order valence-electron chi connectivity index (χ4n) is 2.45. The van der Waals surface area contributed by atoms with Crippen LogP contribution in [0.15, 0.2) is 83.1 Å². The van der Waals surface area contributed by atoms with E-state index in [0.29, 0.717) is 22.8 Å². The molecule has 3 rings (SSSR count). The molecule has 0 aliphatic heterocycles. The van der Waals surface area contributed by atoms with E-state index in [1.54, 1.807) is 66.7 Å². The molecule has 0 fully saturated rings. The van der Waals surface area contributed by atoms with Crippen molar-refractivity contribution in [1.29, 1.82) is 0 Å². The third kappa shape index (κ3) is 5.62. The van der Waals surface area contributed by atoms with Gasteiger partial charge in [-0.05, 0) is 36.4 Å². The maximum Gasteiger partial charge on any atom is 0.272 e. The Kier molecular flexibility index (Phi) is 6.48. The van der Waals surface area contributed by atoms with Crippen LogP contribution in [0.5, 0.6) is 5.75 Å². The number of carbonyl (C=O) groups is 2. The lowest BCUT2D eigenvalue weighted by Crippen LogP contribution is -2.30. The van der Waals surface area contributed by atoms with Gasteiger partial charge in [0.1, 0.15) is 23.8 Å². The van der Waals surface area contributed by atoms with Gasteiger partial charge in [-0.3, -0.25) is 9.59 Å². The van der Waals surface area contributed by atoms with Gasteiger partial charge in [0.15, 0.2) is 0 Å². The molecule has 0 atom stereocenters. The Hall–Kier alpha value is -4.24. The summed E-state index contributed by atoms with van der Waals surface area (Å²) in [5, 5.41) is 5.37. The van der Waals surface area contributed by atoms with Crippen molar-refractivity contribution in [3.8, 4) is 18.1 Å². The highest BCUT2D eigenvalue weighted by Gasteiger charge is 2.16. The molecular weight excluding hydrogens is 368 g/mol. The topological polar surface area (TPSA) is 80.6 Å². The number of rotatable bonds is 7. The molecule has 0 spiro atoms. The second kappa shape index (κ2) is 9.62. The molecule has 0 bridgehead atoms. The molecule has 1 aromatic heterocycles. The molecule has 0 unspecified atom stereocenters. The number of carbonyl (C=O) groups excluding carboxylic acids is 2. The Bertz CT molecular complexity index is 1050. The summed E-state index contributed by atoms with van der Waals surface area (Å²) in [4.78, 5) is 25.3. The third-order valence-corrected chi connectivity index (χ3v) is 3.77. The van der Waals surface area contributed by atoms with Gasteiger partial charge >= 0.3 is 0 Å². The first-order valence-corrected chi connectivity index (χ1v) is 8.75. The minimum absolute atomic E-state index is 0.0312. The molecule has 3 aromatic rings. The van der Waals surface area contributed by atoms with Crippen molar-refractivity contribution in [2.24, 2.45) is 0 Å². The van der Waals surface area contributed by atoms with Crippen molar-refractivity contribution in [1.82, 2.24) is 5.32 Å². The largest absolute Gasteiger partial charge is 0.481 e. The summed E-state index contributed by atoms with van der Waals surface area (Å²) in [5.41, 5.74) is 0.947. The van der Waals surface area contributed by atoms with Crippen LogP contribution < -0.4 is 15.4 Å². The summed E-state index contributed by atoms with van der Waals surface area (Å²) in [6, 6.07) is 18.8. The molecule has 2 N–H and O–H groups in total. The van der Waals surface area contributed by atoms with Crippen LogP contribution >= 0.6 is 0 Å². The predicted molar refractivity (Wildman–Crippen MR) is 110 cm³/mol. The van der Waals surface area contributed by atoms with E-state index in [1.165, 1.54) is 12.3 Å². The number of amides is 2. The number of hydrogen-bond donors (Lipinski definition) is 2. The van der Waals surface area contributed by atoms with Crippen molar-refractivity contribution in [3.05, 3.63) is 90.0 Å². The smallest absolute Gasteiger partial charge is 0.272 e. The molecule has 6 heteroatoms. The molecular formula is C23H18N2O4. The van der Waals surface area contributed by atoms with Crippen LogP contribution in [0.1, 0.15) is 16.1 Å². The molecule has 0 radical (unpaired) electrons. The van der Waals surface area contributed by atoms with E-state index in [-0.39, 0.29) is 12.3 Å². The van der Waals surface area contributed by atoms with Gasteiger partial charge in [0.2, 0.25) is 0 Å². The normalized spacial score (nSPS) is 10.7. The summed E-state index contributed by atoms with van der Waals surface area (Å²) in [6.45, 7) is 0.119. The first-order chi connectivity index (χ1) is 14.2. The van der Waals surface area contributed by atoms with Gasteiger partial charge in [0, 0.05) is 23.4 Å². The average Bonchev–Trinajstić information content (AvgIpc) is 3.26. The first kappa shape index (κ1) is 19.5. The van der Waals surface area contributed by atoms with Crippen LogP contribution in [0.2, 0.25) is 0 Å². The van der Waals surface area contributed by atoms with E-state index in [2.05, 4.69) is 16.6 Å². The van der Waals surface area contributed by atoms with E-state index in [9.17, 15) is 9.59 Å². The SMILES string of the molecule is C#CCOc1cccc(NC(=O)/C(=C/c2ccco2)NC(=O)c2ccccc2)c1. The molecule has 2 amide bonds. The number of ether oxygens (including phenoxy) is 1. The highest BCUT2D eigenvalue weighted by atomic mass is 16.5. The average molecular weight is 386 g/mol. The van der Waals surface area contributed by atoms with E-state index < -0.39 is 11.8 Å². The van der Waals surface area contributed by atoms with Crippen molar-refractivity contribution in [3.63, 3.8) is 0 Å². The highest BCUT2D eigenvalue weighted by molar-refractivity contribution is 6.10. The summed E-state index contributed by atoms with van der Waals surface area (Å²) in [6.07, 6.45) is 8.12. The summed E-state index contributed by atoms with van der Waals surface area (Å²) < 4.78 is 10.6. The zero-order valence-corrected chi connectivity index (χ0v) is 15.4. The molecule has 2 aromatic carbocycles. The standard InChI is InChI=1S/C23H18N2O4/c1-2-13-28-19-11-6-10-18(15-19)24-23(27)21(16-20-12-7-14-29-20)25-22(26)17-8-4-3-5-9-17/h1,3-12,14-16H,13H2,(H,24,27)(H,25,26)/b21-16-. The number of anilines is 1. The monoisotopic (exact) mass is 386 g/mol. The van der Waals surface area contributed by atoms with Gasteiger partial charge in [-0.1, -0.05) is 30.2 Å². The third-order valence-electron chi connectivity index (χ3n) is 3.77. The van der Waals surface area contributed by atoms with Gasteiger partial charge in [-0.15, -0.1) is 6.42 Å². The van der Waals surface area contributed by atoms with Crippen molar-refractivity contribution < 1.29 is 18.7 Å². The van der Waals surface area contributed by atoms with E-state index in [0.717, 1.165) is 0 Å². The van der Waals surface area contributed by atoms with E-state index >= 15 is 0 Å². The lowest BCUT2D eigenvalue weighted by atomic mass is 10.2. The molecule has 0 aliphatic carbocycles. The molecule has 29 heavy (non-hydrogen) atoms. The highest BCUT2D eigenvalue weighted by Crippen LogP contribution is 2.18. The Balaban J connectivity index is 1.80. The van der Waals surface area contributed by atoms with Crippen LogP contribution in [0, 0.1) is 12.3 Å². The number of terminal acetylenes is 1. The summed E-state index contributed by atoms with van der Waals surface area (Å²) >= 11 is 0. The molecule has 1 heterocycles.